The molecule has 3 fully saturated rings. The summed E-state index contributed by atoms with van der Waals surface area (Å²) in [5.41, 5.74) is 0.797. The summed E-state index contributed by atoms with van der Waals surface area (Å²) in [6.45, 7) is 3.54. The van der Waals surface area contributed by atoms with Crippen LogP contribution in [0.3, 0.4) is 0 Å². The third-order valence-corrected chi connectivity index (χ3v) is 4.18. The third kappa shape index (κ3) is 2.34. The van der Waals surface area contributed by atoms with Gasteiger partial charge in [0, 0.05) is 18.7 Å². The van der Waals surface area contributed by atoms with E-state index in [-0.39, 0.29) is 0 Å². The lowest BCUT2D eigenvalue weighted by atomic mass is 9.84. The average Bonchev–Trinajstić information content (AvgIpc) is 2.35. The number of piperidine rings is 3. The first-order chi connectivity index (χ1) is 8.22. The molecule has 0 amide bonds. The number of fused-ring (bicyclic) bond motifs is 3. The number of rotatable bonds is 2. The standard InChI is InChI=1S/C11H14Cl2N4/c12-10-5-8(11(13)16-15-10)14-9-6-17-3-1-7(9)2-4-17/h5,7,9H,1-4,6H2,(H,14,15). The molecule has 3 saturated heterocycles. The van der Waals surface area contributed by atoms with Crippen LogP contribution in [0, 0.1) is 5.92 Å². The van der Waals surface area contributed by atoms with Crippen LogP contribution in [-0.4, -0.2) is 40.8 Å². The molecule has 0 spiro atoms. The molecule has 6 heteroatoms. The normalized spacial score (nSPS) is 31.5. The van der Waals surface area contributed by atoms with Gasteiger partial charge >= 0.3 is 0 Å². The number of aromatic nitrogens is 2. The van der Waals surface area contributed by atoms with Gasteiger partial charge in [-0.25, -0.2) is 0 Å². The van der Waals surface area contributed by atoms with Crippen LogP contribution in [0.5, 0.6) is 0 Å². The van der Waals surface area contributed by atoms with Gasteiger partial charge in [0.05, 0.1) is 5.69 Å². The van der Waals surface area contributed by atoms with E-state index in [9.17, 15) is 0 Å². The van der Waals surface area contributed by atoms with Crippen molar-refractivity contribution in [3.05, 3.63) is 16.4 Å². The van der Waals surface area contributed by atoms with Crippen LogP contribution in [-0.2, 0) is 0 Å². The zero-order valence-corrected chi connectivity index (χ0v) is 10.9. The topological polar surface area (TPSA) is 41.0 Å². The zero-order valence-electron chi connectivity index (χ0n) is 9.37. The summed E-state index contributed by atoms with van der Waals surface area (Å²) in [5.74, 6) is 0.739. The van der Waals surface area contributed by atoms with Gasteiger partial charge in [-0.15, -0.1) is 10.2 Å². The van der Waals surface area contributed by atoms with Gasteiger partial charge in [-0.05, 0) is 31.8 Å². The molecule has 2 bridgehead atoms. The molecule has 1 N–H and O–H groups in total. The molecule has 3 aliphatic heterocycles. The third-order valence-electron chi connectivity index (χ3n) is 3.72. The number of halogens is 2. The van der Waals surface area contributed by atoms with Gasteiger partial charge in [-0.2, -0.15) is 0 Å². The number of nitrogens with one attached hydrogen (secondary N) is 1. The summed E-state index contributed by atoms with van der Waals surface area (Å²) < 4.78 is 0. The van der Waals surface area contributed by atoms with Crippen molar-refractivity contribution in [2.75, 3.05) is 25.0 Å². The van der Waals surface area contributed by atoms with Gasteiger partial charge < -0.3 is 10.2 Å². The van der Waals surface area contributed by atoms with Gasteiger partial charge in [-0.3, -0.25) is 0 Å². The molecule has 4 nitrogen and oxygen atoms in total. The predicted octanol–water partition coefficient (Wildman–Crippen LogP) is 2.29. The fourth-order valence-corrected chi connectivity index (χ4v) is 3.08. The Balaban J connectivity index is 1.76. The van der Waals surface area contributed by atoms with E-state index in [1.165, 1.54) is 25.9 Å². The molecule has 3 aliphatic rings. The molecule has 0 radical (unpaired) electrons. The summed E-state index contributed by atoms with van der Waals surface area (Å²) in [6, 6.07) is 2.20. The Labute approximate surface area is 110 Å². The monoisotopic (exact) mass is 272 g/mol. The Morgan fingerprint density at radius 3 is 2.65 bits per heavy atom. The Hall–Kier alpha value is -0.580. The highest BCUT2D eigenvalue weighted by Gasteiger charge is 2.34. The zero-order chi connectivity index (χ0) is 11.8. The molecule has 0 aliphatic carbocycles. The van der Waals surface area contributed by atoms with Crippen LogP contribution < -0.4 is 5.32 Å². The van der Waals surface area contributed by atoms with E-state index in [2.05, 4.69) is 20.4 Å². The minimum absolute atomic E-state index is 0.373. The molecule has 1 aromatic heterocycles. The predicted molar refractivity (Wildman–Crippen MR) is 68.6 cm³/mol. The van der Waals surface area contributed by atoms with E-state index in [1.54, 1.807) is 6.07 Å². The summed E-state index contributed by atoms with van der Waals surface area (Å²) in [7, 11) is 0. The SMILES string of the molecule is Clc1cc(NC2CN3CCC2CC3)c(Cl)nn1. The van der Waals surface area contributed by atoms with Crippen LogP contribution in [0.15, 0.2) is 6.07 Å². The second-order valence-corrected chi connectivity index (χ2v) is 5.51. The maximum absolute atomic E-state index is 6.01. The quantitative estimate of drug-likeness (QED) is 0.897. The Kier molecular flexibility index (Phi) is 3.11. The maximum atomic E-state index is 6.01. The first kappa shape index (κ1) is 11.5. The van der Waals surface area contributed by atoms with Crippen LogP contribution in [0.2, 0.25) is 10.3 Å². The van der Waals surface area contributed by atoms with E-state index in [4.69, 9.17) is 23.2 Å². The molecule has 1 atom stereocenters. The first-order valence-electron chi connectivity index (χ1n) is 5.90. The van der Waals surface area contributed by atoms with Crippen molar-refractivity contribution in [1.82, 2.24) is 15.1 Å². The number of hydrogen-bond acceptors (Lipinski definition) is 4. The van der Waals surface area contributed by atoms with E-state index >= 15 is 0 Å². The second kappa shape index (κ2) is 4.59. The summed E-state index contributed by atoms with van der Waals surface area (Å²) in [6.07, 6.45) is 2.53. The minimum atomic E-state index is 0.373. The highest BCUT2D eigenvalue weighted by atomic mass is 35.5. The van der Waals surface area contributed by atoms with Crippen LogP contribution in [0.25, 0.3) is 0 Å². The van der Waals surface area contributed by atoms with Crippen molar-refractivity contribution >= 4 is 28.9 Å². The Morgan fingerprint density at radius 2 is 2.00 bits per heavy atom. The number of nitrogens with zero attached hydrogens (tertiary/aromatic N) is 3. The lowest BCUT2D eigenvalue weighted by Gasteiger charge is -2.45. The molecule has 0 saturated carbocycles. The highest BCUT2D eigenvalue weighted by Crippen LogP contribution is 2.31. The van der Waals surface area contributed by atoms with Gasteiger partial charge in [0.2, 0.25) is 0 Å². The molecular weight excluding hydrogens is 259 g/mol. The van der Waals surface area contributed by atoms with E-state index in [1.807, 2.05) is 0 Å². The number of anilines is 1. The molecule has 1 aromatic rings. The smallest absolute Gasteiger partial charge is 0.174 e. The van der Waals surface area contributed by atoms with Gasteiger partial charge in [0.1, 0.15) is 0 Å². The van der Waals surface area contributed by atoms with Crippen LogP contribution >= 0.6 is 23.2 Å². The van der Waals surface area contributed by atoms with Crippen LogP contribution in [0.1, 0.15) is 12.8 Å². The van der Waals surface area contributed by atoms with Crippen molar-refractivity contribution in [1.29, 1.82) is 0 Å². The summed E-state index contributed by atoms with van der Waals surface area (Å²) >= 11 is 11.8. The molecule has 17 heavy (non-hydrogen) atoms. The van der Waals surface area contributed by atoms with Crippen molar-refractivity contribution in [2.24, 2.45) is 5.92 Å². The average molecular weight is 273 g/mol. The van der Waals surface area contributed by atoms with Gasteiger partial charge in [0.25, 0.3) is 0 Å². The molecule has 4 heterocycles. The van der Waals surface area contributed by atoms with Crippen LogP contribution in [0.4, 0.5) is 5.69 Å². The van der Waals surface area contributed by atoms with Crippen molar-refractivity contribution in [2.45, 2.75) is 18.9 Å². The van der Waals surface area contributed by atoms with E-state index < -0.39 is 0 Å². The molecule has 92 valence electrons. The van der Waals surface area contributed by atoms with Crippen molar-refractivity contribution in [3.63, 3.8) is 0 Å². The van der Waals surface area contributed by atoms with Crippen molar-refractivity contribution < 1.29 is 0 Å². The largest absolute Gasteiger partial charge is 0.378 e. The first-order valence-corrected chi connectivity index (χ1v) is 6.65. The fraction of sp³-hybridized carbons (Fsp3) is 0.636. The summed E-state index contributed by atoms with van der Waals surface area (Å²) in [5, 5.41) is 11.8. The van der Waals surface area contributed by atoms with E-state index in [0.717, 1.165) is 18.2 Å². The summed E-state index contributed by atoms with van der Waals surface area (Å²) in [4.78, 5) is 2.49. The molecule has 0 aromatic carbocycles. The van der Waals surface area contributed by atoms with Gasteiger partial charge in [-0.1, -0.05) is 23.2 Å². The Bertz CT molecular complexity index is 418. The van der Waals surface area contributed by atoms with Crippen molar-refractivity contribution in [3.8, 4) is 0 Å². The molecule has 4 rings (SSSR count). The molecular formula is C11H14Cl2N4. The maximum Gasteiger partial charge on any atom is 0.174 e. The lowest BCUT2D eigenvalue weighted by Crippen LogP contribution is -2.53. The fourth-order valence-electron chi connectivity index (χ4n) is 2.78. The lowest BCUT2D eigenvalue weighted by molar-refractivity contribution is 0.0975. The van der Waals surface area contributed by atoms with Gasteiger partial charge in [0.15, 0.2) is 10.3 Å². The number of hydrogen-bond donors (Lipinski definition) is 1. The Morgan fingerprint density at radius 1 is 1.24 bits per heavy atom. The van der Waals surface area contributed by atoms with E-state index in [0.29, 0.717) is 16.3 Å². The molecule has 1 unspecified atom stereocenters. The second-order valence-electron chi connectivity index (χ2n) is 4.76. The minimum Gasteiger partial charge on any atom is -0.378 e. The highest BCUT2D eigenvalue weighted by molar-refractivity contribution is 6.33.